The van der Waals surface area contributed by atoms with Gasteiger partial charge in [-0.3, -0.25) is 0 Å². The number of carbonyl (C=O) groups is 1. The van der Waals surface area contributed by atoms with Crippen LogP contribution in [0.15, 0.2) is 54.6 Å². The minimum absolute atomic E-state index is 0.234. The first kappa shape index (κ1) is 16.4. The fourth-order valence-corrected chi connectivity index (χ4v) is 2.60. The molecule has 1 amide bonds. The maximum absolute atomic E-state index is 12.0. The molecule has 1 fully saturated rings. The molecular weight excluding hydrogens is 302 g/mol. The van der Waals surface area contributed by atoms with Crippen molar-refractivity contribution in [2.24, 2.45) is 0 Å². The first-order chi connectivity index (χ1) is 11.4. The van der Waals surface area contributed by atoms with Gasteiger partial charge in [-0.15, -0.1) is 0 Å². The zero-order valence-corrected chi connectivity index (χ0v) is 14.4. The van der Waals surface area contributed by atoms with E-state index in [1.165, 1.54) is 5.56 Å². The number of ether oxygens (including phenoxy) is 2. The van der Waals surface area contributed by atoms with E-state index in [2.05, 4.69) is 12.1 Å². The molecule has 24 heavy (non-hydrogen) atoms. The number of likely N-dealkylation sites (tertiary alicyclic amines) is 1. The molecule has 4 heteroatoms. The number of hydrogen-bond acceptors (Lipinski definition) is 3. The smallest absolute Gasteiger partial charge is 0.410 e. The average Bonchev–Trinajstić information content (AvgIpc) is 2.47. The molecular formula is C20H23NO3. The molecule has 0 bridgehead atoms. The molecule has 0 saturated carbocycles. The number of para-hydroxylation sites is 1. The van der Waals surface area contributed by atoms with E-state index < -0.39 is 5.60 Å². The lowest BCUT2D eigenvalue weighted by Crippen LogP contribution is -2.50. The van der Waals surface area contributed by atoms with Gasteiger partial charge in [-0.2, -0.15) is 0 Å². The predicted octanol–water partition coefficient (Wildman–Crippen LogP) is 4.81. The van der Waals surface area contributed by atoms with Crippen LogP contribution in [0.1, 0.15) is 32.3 Å². The summed E-state index contributed by atoms with van der Waals surface area (Å²) in [6.07, 6.45) is -0.234. The summed E-state index contributed by atoms with van der Waals surface area (Å²) in [7, 11) is 0. The molecule has 1 heterocycles. The van der Waals surface area contributed by atoms with Crippen LogP contribution in [0.25, 0.3) is 0 Å². The van der Waals surface area contributed by atoms with Crippen LogP contribution in [-0.2, 0) is 4.74 Å². The minimum Gasteiger partial charge on any atom is -0.457 e. The average molecular weight is 325 g/mol. The van der Waals surface area contributed by atoms with Crippen molar-refractivity contribution in [3.8, 4) is 11.5 Å². The van der Waals surface area contributed by atoms with Crippen molar-refractivity contribution in [3.63, 3.8) is 0 Å². The largest absolute Gasteiger partial charge is 0.457 e. The molecule has 1 saturated heterocycles. The summed E-state index contributed by atoms with van der Waals surface area (Å²) >= 11 is 0. The van der Waals surface area contributed by atoms with Crippen LogP contribution in [0.4, 0.5) is 4.79 Å². The van der Waals surface area contributed by atoms with Crippen LogP contribution in [-0.4, -0.2) is 29.7 Å². The van der Waals surface area contributed by atoms with Crippen LogP contribution in [0.5, 0.6) is 11.5 Å². The van der Waals surface area contributed by atoms with Crippen molar-refractivity contribution in [1.29, 1.82) is 0 Å². The molecule has 0 aromatic heterocycles. The Morgan fingerprint density at radius 2 is 1.54 bits per heavy atom. The summed E-state index contributed by atoms with van der Waals surface area (Å²) in [6, 6.07) is 17.8. The molecule has 0 unspecified atom stereocenters. The van der Waals surface area contributed by atoms with Gasteiger partial charge in [-0.05, 0) is 50.6 Å². The standard InChI is InChI=1S/C20H23NO3/c1-20(2,3)24-19(22)21-13-16(14-21)15-9-11-18(12-10-15)23-17-7-5-4-6-8-17/h4-12,16H,13-14H2,1-3H3. The SMILES string of the molecule is CC(C)(C)OC(=O)N1CC(c2ccc(Oc3ccccc3)cc2)C1. The van der Waals surface area contributed by atoms with Gasteiger partial charge in [-0.1, -0.05) is 30.3 Å². The van der Waals surface area contributed by atoms with E-state index in [0.717, 1.165) is 11.5 Å². The summed E-state index contributed by atoms with van der Waals surface area (Å²) in [5, 5.41) is 0. The van der Waals surface area contributed by atoms with Crippen molar-refractivity contribution >= 4 is 6.09 Å². The molecule has 0 radical (unpaired) electrons. The van der Waals surface area contributed by atoms with Crippen molar-refractivity contribution in [2.45, 2.75) is 32.3 Å². The van der Waals surface area contributed by atoms with Crippen molar-refractivity contribution < 1.29 is 14.3 Å². The molecule has 3 rings (SSSR count). The zero-order valence-electron chi connectivity index (χ0n) is 14.4. The third kappa shape index (κ3) is 4.07. The number of hydrogen-bond donors (Lipinski definition) is 0. The third-order valence-electron chi connectivity index (χ3n) is 3.86. The Morgan fingerprint density at radius 3 is 2.12 bits per heavy atom. The van der Waals surface area contributed by atoms with Gasteiger partial charge in [0.15, 0.2) is 0 Å². The fraction of sp³-hybridized carbons (Fsp3) is 0.350. The quantitative estimate of drug-likeness (QED) is 0.812. The number of carbonyl (C=O) groups excluding carboxylic acids is 1. The molecule has 0 aliphatic carbocycles. The lowest BCUT2D eigenvalue weighted by Gasteiger charge is -2.40. The van der Waals surface area contributed by atoms with Crippen molar-refractivity contribution in [3.05, 3.63) is 60.2 Å². The first-order valence-electron chi connectivity index (χ1n) is 8.21. The highest BCUT2D eigenvalue weighted by molar-refractivity contribution is 5.69. The van der Waals surface area contributed by atoms with Crippen LogP contribution in [0.3, 0.4) is 0 Å². The monoisotopic (exact) mass is 325 g/mol. The van der Waals surface area contributed by atoms with Crippen LogP contribution in [0.2, 0.25) is 0 Å². The molecule has 1 aliphatic heterocycles. The summed E-state index contributed by atoms with van der Waals surface area (Å²) in [6.45, 7) is 7.05. The number of benzene rings is 2. The van der Waals surface area contributed by atoms with Gasteiger partial charge in [-0.25, -0.2) is 4.79 Å². The summed E-state index contributed by atoms with van der Waals surface area (Å²) < 4.78 is 11.2. The summed E-state index contributed by atoms with van der Waals surface area (Å²) in [5.74, 6) is 2.00. The summed E-state index contributed by atoms with van der Waals surface area (Å²) in [4.78, 5) is 13.7. The molecule has 0 atom stereocenters. The van der Waals surface area contributed by atoms with E-state index >= 15 is 0 Å². The summed E-state index contributed by atoms with van der Waals surface area (Å²) in [5.41, 5.74) is 0.772. The second-order valence-corrected chi connectivity index (χ2v) is 7.07. The Labute approximate surface area is 143 Å². The topological polar surface area (TPSA) is 38.8 Å². The van der Waals surface area contributed by atoms with Crippen LogP contribution >= 0.6 is 0 Å². The van der Waals surface area contributed by atoms with Gasteiger partial charge < -0.3 is 14.4 Å². The van der Waals surface area contributed by atoms with Crippen molar-refractivity contribution in [1.82, 2.24) is 4.90 Å². The lowest BCUT2D eigenvalue weighted by atomic mass is 9.92. The zero-order chi connectivity index (χ0) is 17.2. The molecule has 0 spiro atoms. The van der Waals surface area contributed by atoms with Crippen LogP contribution in [0, 0.1) is 0 Å². The second-order valence-electron chi connectivity index (χ2n) is 7.07. The maximum atomic E-state index is 12.0. The molecule has 2 aromatic carbocycles. The van der Waals surface area contributed by atoms with E-state index in [1.807, 2.05) is 63.2 Å². The molecule has 0 N–H and O–H groups in total. The number of amides is 1. The Morgan fingerprint density at radius 1 is 0.958 bits per heavy atom. The second kappa shape index (κ2) is 6.56. The Hall–Kier alpha value is -2.49. The van der Waals surface area contributed by atoms with Gasteiger partial charge in [0.2, 0.25) is 0 Å². The normalized spacial score (nSPS) is 14.9. The van der Waals surface area contributed by atoms with E-state index in [0.29, 0.717) is 19.0 Å². The van der Waals surface area contributed by atoms with Gasteiger partial charge >= 0.3 is 6.09 Å². The van der Waals surface area contributed by atoms with Gasteiger partial charge in [0.05, 0.1) is 0 Å². The Balaban J connectivity index is 1.53. The van der Waals surface area contributed by atoms with Crippen molar-refractivity contribution in [2.75, 3.05) is 13.1 Å². The molecule has 4 nitrogen and oxygen atoms in total. The molecule has 2 aromatic rings. The fourth-order valence-electron chi connectivity index (χ4n) is 2.60. The van der Waals surface area contributed by atoms with E-state index in [-0.39, 0.29) is 6.09 Å². The lowest BCUT2D eigenvalue weighted by molar-refractivity contribution is 0.00819. The Bertz CT molecular complexity index is 683. The number of nitrogens with zero attached hydrogens (tertiary/aromatic N) is 1. The molecule has 126 valence electrons. The van der Waals surface area contributed by atoms with Gasteiger partial charge in [0.25, 0.3) is 0 Å². The Kier molecular flexibility index (Phi) is 4.47. The van der Waals surface area contributed by atoms with Gasteiger partial charge in [0.1, 0.15) is 17.1 Å². The van der Waals surface area contributed by atoms with Crippen LogP contribution < -0.4 is 4.74 Å². The minimum atomic E-state index is -0.446. The highest BCUT2D eigenvalue weighted by Gasteiger charge is 2.34. The first-order valence-corrected chi connectivity index (χ1v) is 8.21. The van der Waals surface area contributed by atoms with Gasteiger partial charge in [0, 0.05) is 19.0 Å². The third-order valence-corrected chi connectivity index (χ3v) is 3.86. The highest BCUT2D eigenvalue weighted by atomic mass is 16.6. The number of rotatable bonds is 3. The van der Waals surface area contributed by atoms with E-state index in [1.54, 1.807) is 4.90 Å². The maximum Gasteiger partial charge on any atom is 0.410 e. The van der Waals surface area contributed by atoms with E-state index in [4.69, 9.17) is 9.47 Å². The predicted molar refractivity (Wildman–Crippen MR) is 93.5 cm³/mol. The highest BCUT2D eigenvalue weighted by Crippen LogP contribution is 2.30. The molecule has 1 aliphatic rings. The van der Waals surface area contributed by atoms with E-state index in [9.17, 15) is 4.79 Å².